The minimum atomic E-state index is 0.488. The van der Waals surface area contributed by atoms with E-state index in [2.05, 4.69) is 9.97 Å². The summed E-state index contributed by atoms with van der Waals surface area (Å²) in [6.45, 7) is 1.06. The molecule has 0 amide bonds. The van der Waals surface area contributed by atoms with Crippen LogP contribution < -0.4 is 5.73 Å². The third-order valence-corrected chi connectivity index (χ3v) is 2.33. The normalized spacial score (nSPS) is 16.5. The van der Waals surface area contributed by atoms with E-state index < -0.39 is 0 Å². The van der Waals surface area contributed by atoms with Gasteiger partial charge in [-0.15, -0.1) is 0 Å². The molecule has 0 radical (unpaired) electrons. The number of hydrogen-bond acceptors (Lipinski definition) is 3. The van der Waals surface area contributed by atoms with Crippen molar-refractivity contribution in [1.82, 2.24) is 9.97 Å². The minimum absolute atomic E-state index is 0.488. The summed E-state index contributed by atoms with van der Waals surface area (Å²) >= 11 is 0. The van der Waals surface area contributed by atoms with E-state index in [0.717, 1.165) is 17.2 Å². The number of methoxy groups -OCH3 is 1. The first-order valence-corrected chi connectivity index (χ1v) is 4.61. The molecular weight excluding hydrogens is 166 g/mol. The van der Waals surface area contributed by atoms with Gasteiger partial charge in [0.25, 0.3) is 0 Å². The van der Waals surface area contributed by atoms with Crippen molar-refractivity contribution in [3.05, 3.63) is 17.2 Å². The molecule has 13 heavy (non-hydrogen) atoms. The summed E-state index contributed by atoms with van der Waals surface area (Å²) in [6.07, 6.45) is 2.51. The third-order valence-electron chi connectivity index (χ3n) is 2.33. The lowest BCUT2D eigenvalue weighted by Crippen LogP contribution is -2.01. The van der Waals surface area contributed by atoms with Crippen molar-refractivity contribution < 1.29 is 4.74 Å². The summed E-state index contributed by atoms with van der Waals surface area (Å²) in [4.78, 5) is 7.73. The lowest BCUT2D eigenvalue weighted by atomic mass is 10.3. The highest BCUT2D eigenvalue weighted by atomic mass is 16.5. The highest BCUT2D eigenvalue weighted by Gasteiger charge is 2.27. The zero-order chi connectivity index (χ0) is 9.26. The molecule has 3 N–H and O–H groups in total. The molecule has 1 aromatic rings. The topological polar surface area (TPSA) is 63.9 Å². The fraction of sp³-hybridized carbons (Fsp3) is 0.667. The predicted molar refractivity (Wildman–Crippen MR) is 49.2 cm³/mol. The van der Waals surface area contributed by atoms with E-state index in [0.29, 0.717) is 19.1 Å². The van der Waals surface area contributed by atoms with E-state index in [1.165, 1.54) is 12.8 Å². The molecule has 0 unspecified atom stereocenters. The highest BCUT2D eigenvalue weighted by molar-refractivity contribution is 5.18. The lowest BCUT2D eigenvalue weighted by molar-refractivity contribution is 0.181. The smallest absolute Gasteiger partial charge is 0.109 e. The number of nitrogens with one attached hydrogen (secondary N) is 1. The van der Waals surface area contributed by atoms with Gasteiger partial charge in [0.1, 0.15) is 5.82 Å². The van der Waals surface area contributed by atoms with Gasteiger partial charge in [-0.3, -0.25) is 0 Å². The molecule has 1 saturated carbocycles. The second-order valence-corrected chi connectivity index (χ2v) is 3.46. The molecule has 0 aromatic carbocycles. The maximum atomic E-state index is 5.58. The molecule has 0 spiro atoms. The Morgan fingerprint density at radius 3 is 2.92 bits per heavy atom. The van der Waals surface area contributed by atoms with Crippen LogP contribution >= 0.6 is 0 Å². The molecule has 0 atom stereocenters. The number of nitrogens with zero attached hydrogens (tertiary/aromatic N) is 1. The Balaban J connectivity index is 2.20. The van der Waals surface area contributed by atoms with Crippen molar-refractivity contribution in [3.63, 3.8) is 0 Å². The van der Waals surface area contributed by atoms with Crippen molar-refractivity contribution in [2.45, 2.75) is 31.9 Å². The Morgan fingerprint density at radius 1 is 1.62 bits per heavy atom. The Morgan fingerprint density at radius 2 is 2.38 bits per heavy atom. The minimum Gasteiger partial charge on any atom is -0.378 e. The number of aromatic nitrogens is 2. The van der Waals surface area contributed by atoms with E-state index in [1.54, 1.807) is 7.11 Å². The van der Waals surface area contributed by atoms with Crippen LogP contribution in [0.5, 0.6) is 0 Å². The SMILES string of the molecule is COCc1[nH]c(C2CC2)nc1CN. The molecular formula is C9H15N3O. The molecule has 1 aliphatic carbocycles. The molecule has 1 fully saturated rings. The monoisotopic (exact) mass is 181 g/mol. The van der Waals surface area contributed by atoms with Crippen LogP contribution in [0, 0.1) is 0 Å². The van der Waals surface area contributed by atoms with E-state index in [-0.39, 0.29) is 0 Å². The third kappa shape index (κ3) is 1.73. The number of H-pyrrole nitrogens is 1. The Bertz CT molecular complexity index is 291. The fourth-order valence-corrected chi connectivity index (χ4v) is 1.45. The number of nitrogens with two attached hydrogens (primary N) is 1. The molecule has 0 saturated heterocycles. The van der Waals surface area contributed by atoms with E-state index in [1.807, 2.05) is 0 Å². The van der Waals surface area contributed by atoms with Gasteiger partial charge in [0.15, 0.2) is 0 Å². The van der Waals surface area contributed by atoms with Gasteiger partial charge < -0.3 is 15.5 Å². The zero-order valence-corrected chi connectivity index (χ0v) is 7.84. The number of imidazole rings is 1. The number of ether oxygens (including phenoxy) is 1. The predicted octanol–water partition coefficient (Wildman–Crippen LogP) is 0.892. The average Bonchev–Trinajstić information content (AvgIpc) is 2.90. The average molecular weight is 181 g/mol. The van der Waals surface area contributed by atoms with Gasteiger partial charge in [0.05, 0.1) is 18.0 Å². The standard InChI is InChI=1S/C9H15N3O/c1-13-5-8-7(4-10)11-9(12-8)6-2-3-6/h6H,2-5,10H2,1H3,(H,11,12). The molecule has 72 valence electrons. The maximum Gasteiger partial charge on any atom is 0.109 e. The zero-order valence-electron chi connectivity index (χ0n) is 7.84. The first kappa shape index (κ1) is 8.72. The Hall–Kier alpha value is -0.870. The van der Waals surface area contributed by atoms with E-state index in [9.17, 15) is 0 Å². The molecule has 4 heteroatoms. The molecule has 1 heterocycles. The molecule has 1 aliphatic rings. The van der Waals surface area contributed by atoms with Crippen molar-refractivity contribution in [2.24, 2.45) is 5.73 Å². The maximum absolute atomic E-state index is 5.58. The quantitative estimate of drug-likeness (QED) is 0.725. The van der Waals surface area contributed by atoms with Gasteiger partial charge in [-0.2, -0.15) is 0 Å². The molecule has 4 nitrogen and oxygen atoms in total. The van der Waals surface area contributed by atoms with Crippen LogP contribution in [-0.2, 0) is 17.9 Å². The summed E-state index contributed by atoms with van der Waals surface area (Å²) in [6, 6.07) is 0. The number of aromatic amines is 1. The summed E-state index contributed by atoms with van der Waals surface area (Å²) in [5, 5.41) is 0. The molecule has 1 aromatic heterocycles. The number of hydrogen-bond donors (Lipinski definition) is 2. The van der Waals surface area contributed by atoms with Crippen LogP contribution in [0.2, 0.25) is 0 Å². The summed E-state index contributed by atoms with van der Waals surface area (Å²) in [7, 11) is 1.68. The van der Waals surface area contributed by atoms with Crippen LogP contribution in [0.25, 0.3) is 0 Å². The Kier molecular flexibility index (Phi) is 2.33. The second kappa shape index (κ2) is 3.47. The van der Waals surface area contributed by atoms with Crippen LogP contribution in [0.15, 0.2) is 0 Å². The molecule has 0 bridgehead atoms. The summed E-state index contributed by atoms with van der Waals surface area (Å²) < 4.78 is 5.06. The summed E-state index contributed by atoms with van der Waals surface area (Å²) in [5.74, 6) is 1.74. The second-order valence-electron chi connectivity index (χ2n) is 3.46. The molecule has 2 rings (SSSR count). The molecule has 0 aliphatic heterocycles. The Labute approximate surface area is 77.5 Å². The fourth-order valence-electron chi connectivity index (χ4n) is 1.45. The van der Waals surface area contributed by atoms with Crippen molar-refractivity contribution >= 4 is 0 Å². The van der Waals surface area contributed by atoms with Gasteiger partial charge >= 0.3 is 0 Å². The summed E-state index contributed by atoms with van der Waals surface area (Å²) in [5.41, 5.74) is 7.56. The van der Waals surface area contributed by atoms with Crippen molar-refractivity contribution in [1.29, 1.82) is 0 Å². The van der Waals surface area contributed by atoms with Crippen LogP contribution in [-0.4, -0.2) is 17.1 Å². The van der Waals surface area contributed by atoms with Crippen LogP contribution in [0.1, 0.15) is 36.0 Å². The van der Waals surface area contributed by atoms with Gasteiger partial charge in [-0.1, -0.05) is 0 Å². The van der Waals surface area contributed by atoms with E-state index >= 15 is 0 Å². The van der Waals surface area contributed by atoms with Crippen LogP contribution in [0.4, 0.5) is 0 Å². The van der Waals surface area contributed by atoms with Gasteiger partial charge in [-0.25, -0.2) is 4.98 Å². The van der Waals surface area contributed by atoms with E-state index in [4.69, 9.17) is 10.5 Å². The van der Waals surface area contributed by atoms with Gasteiger partial charge in [-0.05, 0) is 12.8 Å². The largest absolute Gasteiger partial charge is 0.378 e. The van der Waals surface area contributed by atoms with Gasteiger partial charge in [0.2, 0.25) is 0 Å². The first-order valence-electron chi connectivity index (χ1n) is 4.61. The number of rotatable bonds is 4. The van der Waals surface area contributed by atoms with Crippen LogP contribution in [0.3, 0.4) is 0 Å². The van der Waals surface area contributed by atoms with Crippen molar-refractivity contribution in [2.75, 3.05) is 7.11 Å². The van der Waals surface area contributed by atoms with Gasteiger partial charge in [0, 0.05) is 19.6 Å². The van der Waals surface area contributed by atoms with Crippen molar-refractivity contribution in [3.8, 4) is 0 Å². The lowest BCUT2D eigenvalue weighted by Gasteiger charge is -1.96. The first-order chi connectivity index (χ1) is 6.35. The highest BCUT2D eigenvalue weighted by Crippen LogP contribution is 2.38.